The highest BCUT2D eigenvalue weighted by Crippen LogP contribution is 2.22. The van der Waals surface area contributed by atoms with Crippen molar-refractivity contribution >= 4 is 27.4 Å². The number of benzene rings is 1. The molecule has 0 aliphatic carbocycles. The number of anilines is 1. The fourth-order valence-corrected chi connectivity index (χ4v) is 3.78. The van der Waals surface area contributed by atoms with Gasteiger partial charge in [-0.15, -0.1) is 0 Å². The van der Waals surface area contributed by atoms with Crippen LogP contribution < -0.4 is 5.32 Å². The molecule has 1 unspecified atom stereocenters. The average Bonchev–Trinajstić information content (AvgIpc) is 2.71. The molecule has 1 aromatic carbocycles. The molecule has 0 spiro atoms. The highest BCUT2D eigenvalue weighted by molar-refractivity contribution is 7.91. The fourth-order valence-electron chi connectivity index (χ4n) is 2.04. The fraction of sp³-hybridized carbons (Fsp3) is 0.333. The minimum atomic E-state index is -3.20. The highest BCUT2D eigenvalue weighted by Gasteiger charge is 2.33. The molecule has 0 bridgehead atoms. The van der Waals surface area contributed by atoms with Gasteiger partial charge in [0.2, 0.25) is 5.91 Å². The quantitative estimate of drug-likeness (QED) is 0.863. The molecule has 2 N–H and O–H groups in total. The van der Waals surface area contributed by atoms with Gasteiger partial charge in [-0.3, -0.25) is 4.79 Å². The van der Waals surface area contributed by atoms with Gasteiger partial charge in [-0.2, -0.15) is 0 Å². The highest BCUT2D eigenvalue weighted by atomic mass is 32.2. The SMILES string of the molecule is O=C(O)c1cc(F)ccc1NC(=O)C1CCS(=O)(=O)C1. The van der Waals surface area contributed by atoms with Crippen LogP contribution in [0.4, 0.5) is 10.1 Å². The molecular formula is C12H12FNO5S. The maximum atomic E-state index is 13.0. The number of carbonyl (C=O) groups is 2. The molecule has 1 saturated heterocycles. The van der Waals surface area contributed by atoms with Crippen LogP contribution in [0.1, 0.15) is 16.8 Å². The van der Waals surface area contributed by atoms with Gasteiger partial charge >= 0.3 is 5.97 Å². The van der Waals surface area contributed by atoms with Crippen molar-refractivity contribution in [3.8, 4) is 0 Å². The van der Waals surface area contributed by atoms with Crippen LogP contribution in [0.3, 0.4) is 0 Å². The summed E-state index contributed by atoms with van der Waals surface area (Å²) in [6.07, 6.45) is 0.206. The molecule has 1 atom stereocenters. The summed E-state index contributed by atoms with van der Waals surface area (Å²) in [7, 11) is -3.20. The average molecular weight is 301 g/mol. The Bertz CT molecular complexity index is 670. The smallest absolute Gasteiger partial charge is 0.337 e. The lowest BCUT2D eigenvalue weighted by atomic mass is 10.1. The van der Waals surface area contributed by atoms with E-state index in [0.29, 0.717) is 0 Å². The monoisotopic (exact) mass is 301 g/mol. The molecule has 1 aliphatic heterocycles. The van der Waals surface area contributed by atoms with Crippen molar-refractivity contribution in [2.24, 2.45) is 5.92 Å². The number of rotatable bonds is 3. The van der Waals surface area contributed by atoms with Crippen LogP contribution in [0.15, 0.2) is 18.2 Å². The van der Waals surface area contributed by atoms with Gasteiger partial charge in [0.15, 0.2) is 9.84 Å². The molecule has 0 aromatic heterocycles. The van der Waals surface area contributed by atoms with Crippen LogP contribution in [0.25, 0.3) is 0 Å². The van der Waals surface area contributed by atoms with Crippen LogP contribution in [-0.2, 0) is 14.6 Å². The third-order valence-electron chi connectivity index (χ3n) is 3.07. The molecule has 2 rings (SSSR count). The van der Waals surface area contributed by atoms with Crippen LogP contribution in [0.5, 0.6) is 0 Å². The van der Waals surface area contributed by atoms with Gasteiger partial charge in [-0.25, -0.2) is 17.6 Å². The minimum absolute atomic E-state index is 0.0480. The van der Waals surface area contributed by atoms with E-state index in [2.05, 4.69) is 5.32 Å². The number of aromatic carboxylic acids is 1. The van der Waals surface area contributed by atoms with Crippen molar-refractivity contribution in [3.63, 3.8) is 0 Å². The lowest BCUT2D eigenvalue weighted by Crippen LogP contribution is -2.24. The number of sulfone groups is 1. The first-order valence-electron chi connectivity index (χ1n) is 5.82. The van der Waals surface area contributed by atoms with Gasteiger partial charge in [0.05, 0.1) is 28.7 Å². The number of halogens is 1. The number of carbonyl (C=O) groups excluding carboxylic acids is 1. The molecule has 108 valence electrons. The Balaban J connectivity index is 2.18. The van der Waals surface area contributed by atoms with E-state index < -0.39 is 33.4 Å². The number of nitrogens with one attached hydrogen (secondary N) is 1. The van der Waals surface area contributed by atoms with Crippen molar-refractivity contribution in [2.45, 2.75) is 6.42 Å². The number of carboxylic acid groups (broad SMARTS) is 1. The first kappa shape index (κ1) is 14.4. The first-order valence-corrected chi connectivity index (χ1v) is 7.65. The molecular weight excluding hydrogens is 289 g/mol. The Morgan fingerprint density at radius 2 is 2.05 bits per heavy atom. The van der Waals surface area contributed by atoms with Gasteiger partial charge in [0.25, 0.3) is 0 Å². The van der Waals surface area contributed by atoms with E-state index in [1.54, 1.807) is 0 Å². The third-order valence-corrected chi connectivity index (χ3v) is 4.84. The van der Waals surface area contributed by atoms with E-state index in [9.17, 15) is 22.4 Å². The largest absolute Gasteiger partial charge is 0.478 e. The Hall–Kier alpha value is -1.96. The van der Waals surface area contributed by atoms with E-state index >= 15 is 0 Å². The molecule has 1 amide bonds. The molecule has 20 heavy (non-hydrogen) atoms. The Morgan fingerprint density at radius 1 is 1.35 bits per heavy atom. The van der Waals surface area contributed by atoms with E-state index in [0.717, 1.165) is 18.2 Å². The van der Waals surface area contributed by atoms with Crippen molar-refractivity contribution in [1.29, 1.82) is 0 Å². The molecule has 0 saturated carbocycles. The Labute approximate surface area is 114 Å². The number of carboxylic acids is 1. The number of hydrogen-bond acceptors (Lipinski definition) is 4. The second kappa shape index (κ2) is 5.20. The Morgan fingerprint density at radius 3 is 2.60 bits per heavy atom. The van der Waals surface area contributed by atoms with Crippen molar-refractivity contribution in [3.05, 3.63) is 29.6 Å². The van der Waals surface area contributed by atoms with Gasteiger partial charge in [0.1, 0.15) is 5.82 Å². The van der Waals surface area contributed by atoms with Crippen LogP contribution >= 0.6 is 0 Å². The van der Waals surface area contributed by atoms with Gasteiger partial charge in [-0.1, -0.05) is 0 Å². The molecule has 8 heteroatoms. The minimum Gasteiger partial charge on any atom is -0.478 e. The lowest BCUT2D eigenvalue weighted by Gasteiger charge is -2.11. The maximum absolute atomic E-state index is 13.0. The van der Waals surface area contributed by atoms with Crippen molar-refractivity contribution in [1.82, 2.24) is 0 Å². The summed E-state index contributed by atoms with van der Waals surface area (Å²) in [6.45, 7) is 0. The zero-order chi connectivity index (χ0) is 14.9. The second-order valence-electron chi connectivity index (χ2n) is 4.58. The predicted octanol–water partition coefficient (Wildman–Crippen LogP) is 0.897. The third kappa shape index (κ3) is 3.13. The molecule has 0 radical (unpaired) electrons. The van der Waals surface area contributed by atoms with E-state index in [-0.39, 0.29) is 29.2 Å². The first-order chi connectivity index (χ1) is 9.28. The summed E-state index contributed by atoms with van der Waals surface area (Å²) in [5, 5.41) is 11.3. The van der Waals surface area contributed by atoms with Gasteiger partial charge in [-0.05, 0) is 24.6 Å². The van der Waals surface area contributed by atoms with E-state index in [1.807, 2.05) is 0 Å². The molecule has 1 heterocycles. The maximum Gasteiger partial charge on any atom is 0.337 e. The normalized spacial score (nSPS) is 20.6. The predicted molar refractivity (Wildman–Crippen MR) is 68.7 cm³/mol. The van der Waals surface area contributed by atoms with Crippen molar-refractivity contribution < 1.29 is 27.5 Å². The van der Waals surface area contributed by atoms with Crippen molar-refractivity contribution in [2.75, 3.05) is 16.8 Å². The zero-order valence-electron chi connectivity index (χ0n) is 10.3. The molecule has 1 fully saturated rings. The molecule has 1 aromatic rings. The summed E-state index contributed by atoms with van der Waals surface area (Å²) >= 11 is 0. The lowest BCUT2D eigenvalue weighted by molar-refractivity contribution is -0.119. The van der Waals surface area contributed by atoms with E-state index in [4.69, 9.17) is 5.11 Å². The zero-order valence-corrected chi connectivity index (χ0v) is 11.1. The van der Waals surface area contributed by atoms with Gasteiger partial charge < -0.3 is 10.4 Å². The summed E-state index contributed by atoms with van der Waals surface area (Å²) in [4.78, 5) is 22.9. The molecule has 6 nitrogen and oxygen atoms in total. The Kier molecular flexibility index (Phi) is 3.76. The van der Waals surface area contributed by atoms with Crippen LogP contribution in [0.2, 0.25) is 0 Å². The number of hydrogen-bond donors (Lipinski definition) is 2. The van der Waals surface area contributed by atoms with E-state index in [1.165, 1.54) is 0 Å². The summed E-state index contributed by atoms with van der Waals surface area (Å²) in [5.74, 6) is -3.68. The summed E-state index contributed by atoms with van der Waals surface area (Å²) in [6, 6.07) is 2.96. The topological polar surface area (TPSA) is 101 Å². The number of amides is 1. The summed E-state index contributed by atoms with van der Waals surface area (Å²) < 4.78 is 35.6. The van der Waals surface area contributed by atoms with Gasteiger partial charge in [0, 0.05) is 0 Å². The second-order valence-corrected chi connectivity index (χ2v) is 6.81. The van der Waals surface area contributed by atoms with Crippen LogP contribution in [-0.4, -0.2) is 36.9 Å². The standard InChI is InChI=1S/C12H12FNO5S/c13-8-1-2-10(9(5-8)12(16)17)14-11(15)7-3-4-20(18,19)6-7/h1-2,5,7H,3-4,6H2,(H,14,15)(H,16,17). The molecule has 1 aliphatic rings. The summed E-state index contributed by atoms with van der Waals surface area (Å²) in [5.41, 5.74) is -0.424. The van der Waals surface area contributed by atoms with Crippen LogP contribution in [0, 0.1) is 11.7 Å².